The molecule has 0 saturated carbocycles. The summed E-state index contributed by atoms with van der Waals surface area (Å²) in [5.74, 6) is -1.90. The zero-order valence-corrected chi connectivity index (χ0v) is 10.2. The summed E-state index contributed by atoms with van der Waals surface area (Å²) in [5, 5.41) is 20.6. The molecule has 100 valence electrons. The molecule has 19 heavy (non-hydrogen) atoms. The van der Waals surface area contributed by atoms with E-state index < -0.39 is 24.5 Å². The Morgan fingerprint density at radius 3 is 2.63 bits per heavy atom. The third kappa shape index (κ3) is 2.43. The second-order valence-corrected chi connectivity index (χ2v) is 4.10. The number of aryl methyl sites for hydroxylation is 1. The van der Waals surface area contributed by atoms with Crippen LogP contribution in [0.4, 0.5) is 0 Å². The first-order valence-corrected chi connectivity index (χ1v) is 5.67. The van der Waals surface area contributed by atoms with Gasteiger partial charge in [-0.15, -0.1) is 0 Å². The number of rotatable bonds is 4. The molecule has 1 aromatic heterocycles. The van der Waals surface area contributed by atoms with E-state index in [9.17, 15) is 9.59 Å². The van der Waals surface area contributed by atoms with Gasteiger partial charge in [-0.3, -0.25) is 4.79 Å². The molecule has 1 amide bonds. The van der Waals surface area contributed by atoms with Gasteiger partial charge in [0.25, 0.3) is 5.91 Å². The molecule has 1 heterocycles. The van der Waals surface area contributed by atoms with E-state index in [0.717, 1.165) is 5.39 Å². The van der Waals surface area contributed by atoms with E-state index in [-0.39, 0.29) is 5.76 Å². The van der Waals surface area contributed by atoms with Gasteiger partial charge in [0.15, 0.2) is 11.8 Å². The predicted octanol–water partition coefficient (Wildman–Crippen LogP) is 0.917. The molecule has 0 fully saturated rings. The van der Waals surface area contributed by atoms with Gasteiger partial charge in [-0.2, -0.15) is 0 Å². The molecule has 0 spiro atoms. The van der Waals surface area contributed by atoms with Crippen LogP contribution >= 0.6 is 0 Å². The molecule has 6 nitrogen and oxygen atoms in total. The van der Waals surface area contributed by atoms with Gasteiger partial charge in [-0.25, -0.2) is 4.79 Å². The van der Waals surface area contributed by atoms with E-state index in [4.69, 9.17) is 14.6 Å². The first-order valence-electron chi connectivity index (χ1n) is 5.67. The average Bonchev–Trinajstić information content (AvgIpc) is 2.73. The van der Waals surface area contributed by atoms with Crippen LogP contribution in [0.1, 0.15) is 16.1 Å². The predicted molar refractivity (Wildman–Crippen MR) is 66.9 cm³/mol. The zero-order valence-electron chi connectivity index (χ0n) is 10.2. The van der Waals surface area contributed by atoms with Crippen molar-refractivity contribution in [3.63, 3.8) is 0 Å². The maximum atomic E-state index is 11.9. The lowest BCUT2D eigenvalue weighted by molar-refractivity contribution is -0.140. The van der Waals surface area contributed by atoms with Crippen molar-refractivity contribution in [1.82, 2.24) is 5.32 Å². The van der Waals surface area contributed by atoms with Crippen molar-refractivity contribution >= 4 is 22.8 Å². The van der Waals surface area contributed by atoms with E-state index in [2.05, 4.69) is 5.32 Å². The maximum Gasteiger partial charge on any atom is 0.328 e. The fourth-order valence-electron chi connectivity index (χ4n) is 1.80. The number of aliphatic hydroxyl groups is 1. The largest absolute Gasteiger partial charge is 0.480 e. The molecular formula is C13H13NO5. The molecule has 0 unspecified atom stereocenters. The lowest BCUT2D eigenvalue weighted by Crippen LogP contribution is -2.43. The molecular weight excluding hydrogens is 250 g/mol. The number of fused-ring (bicyclic) bond motifs is 1. The van der Waals surface area contributed by atoms with Gasteiger partial charge < -0.3 is 19.9 Å². The Bertz CT molecular complexity index is 631. The normalized spacial score (nSPS) is 12.3. The van der Waals surface area contributed by atoms with Crippen molar-refractivity contribution in [3.05, 3.63) is 35.6 Å². The number of hydrogen-bond donors (Lipinski definition) is 3. The molecule has 1 atom stereocenters. The second kappa shape index (κ2) is 5.11. The third-order valence-corrected chi connectivity index (χ3v) is 2.84. The van der Waals surface area contributed by atoms with Gasteiger partial charge in [0, 0.05) is 10.9 Å². The molecule has 0 radical (unpaired) electrons. The van der Waals surface area contributed by atoms with Crippen molar-refractivity contribution in [2.45, 2.75) is 13.0 Å². The summed E-state index contributed by atoms with van der Waals surface area (Å²) in [5.41, 5.74) is 1.19. The maximum absolute atomic E-state index is 11.9. The van der Waals surface area contributed by atoms with Gasteiger partial charge >= 0.3 is 5.97 Å². The van der Waals surface area contributed by atoms with Gasteiger partial charge in [-0.1, -0.05) is 18.2 Å². The molecule has 1 aromatic carbocycles. The molecule has 0 aliphatic heterocycles. The van der Waals surface area contributed by atoms with Gasteiger partial charge in [0.2, 0.25) is 0 Å². The Morgan fingerprint density at radius 1 is 1.37 bits per heavy atom. The van der Waals surface area contributed by atoms with Crippen molar-refractivity contribution in [2.75, 3.05) is 6.61 Å². The quantitative estimate of drug-likeness (QED) is 0.761. The standard InChI is InChI=1S/C13H13NO5/c1-7-8-4-2-3-5-10(8)19-11(7)12(16)14-9(6-15)13(17)18/h2-5,9,15H,6H2,1H3,(H,14,16)(H,17,18)/t9-/m1/s1. The van der Waals surface area contributed by atoms with Crippen molar-refractivity contribution in [1.29, 1.82) is 0 Å². The number of aliphatic hydroxyl groups excluding tert-OH is 1. The van der Waals surface area contributed by atoms with E-state index in [1.807, 2.05) is 12.1 Å². The summed E-state index contributed by atoms with van der Waals surface area (Å²) in [6, 6.07) is 5.78. The molecule has 3 N–H and O–H groups in total. The van der Waals surface area contributed by atoms with Crippen LogP contribution in [-0.2, 0) is 4.79 Å². The summed E-state index contributed by atoms with van der Waals surface area (Å²) >= 11 is 0. The number of hydrogen-bond acceptors (Lipinski definition) is 4. The third-order valence-electron chi connectivity index (χ3n) is 2.84. The first kappa shape index (κ1) is 13.1. The minimum Gasteiger partial charge on any atom is -0.480 e. The highest BCUT2D eigenvalue weighted by atomic mass is 16.4. The molecule has 6 heteroatoms. The van der Waals surface area contributed by atoms with Crippen molar-refractivity contribution < 1.29 is 24.2 Å². The summed E-state index contributed by atoms with van der Waals surface area (Å²) in [4.78, 5) is 22.7. The Morgan fingerprint density at radius 2 is 2.05 bits per heavy atom. The van der Waals surface area contributed by atoms with Crippen molar-refractivity contribution in [3.8, 4) is 0 Å². The van der Waals surface area contributed by atoms with Crippen LogP contribution in [0.5, 0.6) is 0 Å². The summed E-state index contributed by atoms with van der Waals surface area (Å²) in [6.07, 6.45) is 0. The van der Waals surface area contributed by atoms with Crippen LogP contribution in [-0.4, -0.2) is 34.7 Å². The molecule has 0 aliphatic carbocycles. The molecule has 2 rings (SSSR count). The van der Waals surface area contributed by atoms with Crippen LogP contribution in [0.2, 0.25) is 0 Å². The fourth-order valence-corrected chi connectivity index (χ4v) is 1.80. The highest BCUT2D eigenvalue weighted by Crippen LogP contribution is 2.24. The Kier molecular flexibility index (Phi) is 3.52. The number of nitrogens with one attached hydrogen (secondary N) is 1. The molecule has 0 saturated heterocycles. The first-order chi connectivity index (χ1) is 9.04. The Balaban J connectivity index is 2.31. The van der Waals surface area contributed by atoms with E-state index >= 15 is 0 Å². The molecule has 0 aliphatic rings. The van der Waals surface area contributed by atoms with E-state index in [1.54, 1.807) is 19.1 Å². The number of amides is 1. The highest BCUT2D eigenvalue weighted by molar-refractivity contribution is 6.00. The van der Waals surface area contributed by atoms with Gasteiger partial charge in [0.1, 0.15) is 5.58 Å². The minimum absolute atomic E-state index is 0.0564. The highest BCUT2D eigenvalue weighted by Gasteiger charge is 2.23. The molecule has 0 bridgehead atoms. The minimum atomic E-state index is -1.35. The van der Waals surface area contributed by atoms with Crippen LogP contribution in [0.25, 0.3) is 11.0 Å². The zero-order chi connectivity index (χ0) is 14.0. The van der Waals surface area contributed by atoms with Crippen LogP contribution in [0.15, 0.2) is 28.7 Å². The van der Waals surface area contributed by atoms with Crippen LogP contribution < -0.4 is 5.32 Å². The summed E-state index contributed by atoms with van der Waals surface area (Å²) in [7, 11) is 0. The van der Waals surface area contributed by atoms with E-state index in [1.165, 1.54) is 0 Å². The summed E-state index contributed by atoms with van der Waals surface area (Å²) in [6.45, 7) is 1.04. The van der Waals surface area contributed by atoms with Crippen molar-refractivity contribution in [2.24, 2.45) is 0 Å². The molecule has 2 aromatic rings. The van der Waals surface area contributed by atoms with Gasteiger partial charge in [0.05, 0.1) is 6.61 Å². The Labute approximate surface area is 108 Å². The number of carboxylic acid groups (broad SMARTS) is 1. The lowest BCUT2D eigenvalue weighted by Gasteiger charge is -2.10. The fraction of sp³-hybridized carbons (Fsp3) is 0.231. The van der Waals surface area contributed by atoms with E-state index in [0.29, 0.717) is 11.1 Å². The number of benzene rings is 1. The number of para-hydroxylation sites is 1. The summed E-state index contributed by atoms with van der Waals surface area (Å²) < 4.78 is 5.40. The lowest BCUT2D eigenvalue weighted by atomic mass is 10.1. The second-order valence-electron chi connectivity index (χ2n) is 4.10. The monoisotopic (exact) mass is 263 g/mol. The topological polar surface area (TPSA) is 99.8 Å². The van der Waals surface area contributed by atoms with Crippen LogP contribution in [0, 0.1) is 6.92 Å². The van der Waals surface area contributed by atoms with Crippen LogP contribution in [0.3, 0.4) is 0 Å². The number of carboxylic acids is 1. The number of carbonyl (C=O) groups excluding carboxylic acids is 1. The van der Waals surface area contributed by atoms with Gasteiger partial charge in [-0.05, 0) is 13.0 Å². The number of furan rings is 1. The smallest absolute Gasteiger partial charge is 0.328 e. The Hall–Kier alpha value is -2.34. The average molecular weight is 263 g/mol. The SMILES string of the molecule is Cc1c(C(=O)N[C@H](CO)C(=O)O)oc2ccccc12. The number of aliphatic carboxylic acids is 1. The number of carbonyl (C=O) groups is 2.